The van der Waals surface area contributed by atoms with E-state index in [-0.39, 0.29) is 18.1 Å². The number of hydrogen-bond acceptors (Lipinski definition) is 2. The van der Waals surface area contributed by atoms with E-state index in [9.17, 15) is 9.18 Å². The molecule has 1 fully saturated rings. The number of halogens is 1. The largest absolute Gasteiger partial charge is 0.368 e. The number of nitrogens with zero attached hydrogens (tertiary/aromatic N) is 2. The van der Waals surface area contributed by atoms with Gasteiger partial charge < -0.3 is 9.80 Å². The Labute approximate surface area is 142 Å². The summed E-state index contributed by atoms with van der Waals surface area (Å²) >= 11 is 0. The van der Waals surface area contributed by atoms with E-state index >= 15 is 0 Å². The second-order valence-electron chi connectivity index (χ2n) is 6.48. The molecule has 3 rings (SSSR count). The SMILES string of the molecule is Cc1cc(C)cc(N2CCN(C(=O)Cc3ccccc3F)CC2)c1. The van der Waals surface area contributed by atoms with Gasteiger partial charge in [0, 0.05) is 31.9 Å². The molecule has 0 saturated carbocycles. The maximum Gasteiger partial charge on any atom is 0.227 e. The summed E-state index contributed by atoms with van der Waals surface area (Å²) in [5.41, 5.74) is 4.19. The second-order valence-corrected chi connectivity index (χ2v) is 6.48. The first-order chi connectivity index (χ1) is 11.5. The lowest BCUT2D eigenvalue weighted by Gasteiger charge is -2.36. The van der Waals surface area contributed by atoms with E-state index in [0.717, 1.165) is 13.1 Å². The van der Waals surface area contributed by atoms with Gasteiger partial charge in [0.15, 0.2) is 0 Å². The van der Waals surface area contributed by atoms with Crippen LogP contribution in [0.1, 0.15) is 16.7 Å². The Bertz CT molecular complexity index is 716. The highest BCUT2D eigenvalue weighted by Gasteiger charge is 2.22. The lowest BCUT2D eigenvalue weighted by Crippen LogP contribution is -2.49. The number of benzene rings is 2. The summed E-state index contributed by atoms with van der Waals surface area (Å²) in [6.45, 7) is 7.19. The van der Waals surface area contributed by atoms with Crippen LogP contribution in [0.2, 0.25) is 0 Å². The van der Waals surface area contributed by atoms with Crippen molar-refractivity contribution in [2.24, 2.45) is 0 Å². The normalized spacial score (nSPS) is 14.8. The van der Waals surface area contributed by atoms with Crippen LogP contribution in [-0.4, -0.2) is 37.0 Å². The molecule has 1 amide bonds. The van der Waals surface area contributed by atoms with Crippen molar-refractivity contribution in [3.63, 3.8) is 0 Å². The molecule has 0 unspecified atom stereocenters. The van der Waals surface area contributed by atoms with Crippen LogP contribution < -0.4 is 4.90 Å². The highest BCUT2D eigenvalue weighted by molar-refractivity contribution is 5.79. The third kappa shape index (κ3) is 3.75. The van der Waals surface area contributed by atoms with E-state index in [1.54, 1.807) is 18.2 Å². The second kappa shape index (κ2) is 7.04. The molecule has 2 aromatic rings. The molecule has 4 heteroatoms. The van der Waals surface area contributed by atoms with E-state index in [1.165, 1.54) is 22.9 Å². The summed E-state index contributed by atoms with van der Waals surface area (Å²) in [6, 6.07) is 13.0. The lowest BCUT2D eigenvalue weighted by atomic mass is 10.1. The van der Waals surface area contributed by atoms with Crippen LogP contribution in [0.5, 0.6) is 0 Å². The van der Waals surface area contributed by atoms with Crippen LogP contribution in [0, 0.1) is 19.7 Å². The maximum atomic E-state index is 13.7. The Balaban J connectivity index is 1.60. The van der Waals surface area contributed by atoms with Crippen LogP contribution in [0.4, 0.5) is 10.1 Å². The zero-order valence-electron chi connectivity index (χ0n) is 14.3. The molecule has 0 atom stereocenters. The molecular formula is C20H23FN2O. The number of aryl methyl sites for hydroxylation is 2. The van der Waals surface area contributed by atoms with Crippen molar-refractivity contribution in [1.29, 1.82) is 0 Å². The third-order valence-electron chi connectivity index (χ3n) is 4.50. The first kappa shape index (κ1) is 16.5. The number of rotatable bonds is 3. The lowest BCUT2D eigenvalue weighted by molar-refractivity contribution is -0.130. The summed E-state index contributed by atoms with van der Waals surface area (Å²) in [5, 5.41) is 0. The molecule has 2 aromatic carbocycles. The van der Waals surface area contributed by atoms with Gasteiger partial charge in [-0.05, 0) is 48.7 Å². The van der Waals surface area contributed by atoms with Crippen molar-refractivity contribution in [3.8, 4) is 0 Å². The molecule has 3 nitrogen and oxygen atoms in total. The average molecular weight is 326 g/mol. The van der Waals surface area contributed by atoms with Crippen LogP contribution in [0.3, 0.4) is 0 Å². The zero-order valence-corrected chi connectivity index (χ0v) is 14.3. The van der Waals surface area contributed by atoms with Gasteiger partial charge in [-0.15, -0.1) is 0 Å². The third-order valence-corrected chi connectivity index (χ3v) is 4.50. The van der Waals surface area contributed by atoms with Crippen LogP contribution in [-0.2, 0) is 11.2 Å². The van der Waals surface area contributed by atoms with Gasteiger partial charge in [0.25, 0.3) is 0 Å². The minimum atomic E-state index is -0.306. The predicted molar refractivity (Wildman–Crippen MR) is 94.8 cm³/mol. The molecule has 1 aliphatic rings. The van der Waals surface area contributed by atoms with E-state index in [1.807, 2.05) is 4.90 Å². The summed E-state index contributed by atoms with van der Waals surface area (Å²) in [4.78, 5) is 16.6. The van der Waals surface area contributed by atoms with Gasteiger partial charge in [0.2, 0.25) is 5.91 Å². The number of carbonyl (C=O) groups excluding carboxylic acids is 1. The topological polar surface area (TPSA) is 23.6 Å². The predicted octanol–water partition coefficient (Wildman–Crippen LogP) is 3.33. The van der Waals surface area contributed by atoms with Crippen molar-refractivity contribution in [2.75, 3.05) is 31.1 Å². The van der Waals surface area contributed by atoms with Gasteiger partial charge in [0.05, 0.1) is 6.42 Å². The summed E-state index contributed by atoms with van der Waals surface area (Å²) in [6.07, 6.45) is 0.135. The van der Waals surface area contributed by atoms with Crippen molar-refractivity contribution < 1.29 is 9.18 Å². The molecule has 0 spiro atoms. The monoisotopic (exact) mass is 326 g/mol. The quantitative estimate of drug-likeness (QED) is 0.864. The van der Waals surface area contributed by atoms with Gasteiger partial charge >= 0.3 is 0 Å². The number of anilines is 1. The zero-order chi connectivity index (χ0) is 17.1. The first-order valence-electron chi connectivity index (χ1n) is 8.37. The van der Waals surface area contributed by atoms with Gasteiger partial charge in [-0.25, -0.2) is 4.39 Å². The molecular weight excluding hydrogens is 303 g/mol. The van der Waals surface area contributed by atoms with Crippen LogP contribution in [0.25, 0.3) is 0 Å². The van der Waals surface area contributed by atoms with Crippen LogP contribution in [0.15, 0.2) is 42.5 Å². The fourth-order valence-electron chi connectivity index (χ4n) is 3.26. The summed E-state index contributed by atoms with van der Waals surface area (Å²) in [5.74, 6) is -0.306. The Morgan fingerprint density at radius 2 is 1.62 bits per heavy atom. The highest BCUT2D eigenvalue weighted by atomic mass is 19.1. The number of amides is 1. The summed E-state index contributed by atoms with van der Waals surface area (Å²) in [7, 11) is 0. The van der Waals surface area contributed by atoms with Gasteiger partial charge in [-0.3, -0.25) is 4.79 Å². The molecule has 0 aliphatic carbocycles. The standard InChI is InChI=1S/C20H23FN2O/c1-15-11-16(2)13-18(12-15)22-7-9-23(10-8-22)20(24)14-17-5-3-4-6-19(17)21/h3-6,11-13H,7-10,14H2,1-2H3. The highest BCUT2D eigenvalue weighted by Crippen LogP contribution is 2.20. The molecule has 1 saturated heterocycles. The van der Waals surface area contributed by atoms with Gasteiger partial charge in [-0.2, -0.15) is 0 Å². The fourth-order valence-corrected chi connectivity index (χ4v) is 3.26. The molecule has 0 radical (unpaired) electrons. The van der Waals surface area contributed by atoms with Crippen LogP contribution >= 0.6 is 0 Å². The molecule has 0 N–H and O–H groups in total. The first-order valence-corrected chi connectivity index (χ1v) is 8.37. The number of hydrogen-bond donors (Lipinski definition) is 0. The van der Waals surface area contributed by atoms with E-state index in [4.69, 9.17) is 0 Å². The molecule has 1 aliphatic heterocycles. The van der Waals surface area contributed by atoms with Gasteiger partial charge in [0.1, 0.15) is 5.82 Å². The Hall–Kier alpha value is -2.36. The van der Waals surface area contributed by atoms with Gasteiger partial charge in [-0.1, -0.05) is 24.3 Å². The molecule has 0 aromatic heterocycles. The molecule has 1 heterocycles. The van der Waals surface area contributed by atoms with E-state index in [0.29, 0.717) is 18.7 Å². The van der Waals surface area contributed by atoms with Crippen molar-refractivity contribution in [1.82, 2.24) is 4.90 Å². The molecule has 126 valence electrons. The van der Waals surface area contributed by atoms with Crippen molar-refractivity contribution in [2.45, 2.75) is 20.3 Å². The van der Waals surface area contributed by atoms with Crippen molar-refractivity contribution in [3.05, 3.63) is 65.0 Å². The number of piperazine rings is 1. The number of carbonyl (C=O) groups is 1. The van der Waals surface area contributed by atoms with E-state index < -0.39 is 0 Å². The average Bonchev–Trinajstić information content (AvgIpc) is 2.56. The Morgan fingerprint density at radius 3 is 2.25 bits per heavy atom. The molecule has 0 bridgehead atoms. The van der Waals surface area contributed by atoms with Crippen molar-refractivity contribution >= 4 is 11.6 Å². The van der Waals surface area contributed by atoms with E-state index in [2.05, 4.69) is 36.9 Å². The maximum absolute atomic E-state index is 13.7. The minimum absolute atomic E-state index is 0.000160. The Kier molecular flexibility index (Phi) is 4.84. The smallest absolute Gasteiger partial charge is 0.227 e. The summed E-state index contributed by atoms with van der Waals surface area (Å²) < 4.78 is 13.7. The Morgan fingerprint density at radius 1 is 1.00 bits per heavy atom. The molecule has 24 heavy (non-hydrogen) atoms. The fraction of sp³-hybridized carbons (Fsp3) is 0.350. The minimum Gasteiger partial charge on any atom is -0.368 e.